The van der Waals surface area contributed by atoms with E-state index < -0.39 is 12.1 Å². The number of fused-ring (bicyclic) bond motifs is 1. The molecule has 0 aromatic heterocycles. The van der Waals surface area contributed by atoms with Gasteiger partial charge in [0.25, 0.3) is 11.8 Å². The molecule has 0 aliphatic carbocycles. The largest absolute Gasteiger partial charge is 0.494 e. The number of unbranched alkanes of at least 4 members (excludes halogenated alkanes) is 1. The molecule has 7 heteroatoms. The maximum Gasteiger partial charge on any atom is 0.276 e. The minimum absolute atomic E-state index is 0.313. The summed E-state index contributed by atoms with van der Waals surface area (Å²) in [5.41, 5.74) is 5.06. The van der Waals surface area contributed by atoms with Crippen LogP contribution < -0.4 is 20.2 Å². The van der Waals surface area contributed by atoms with Gasteiger partial charge < -0.3 is 14.8 Å². The van der Waals surface area contributed by atoms with Crippen molar-refractivity contribution in [2.45, 2.75) is 25.9 Å². The molecule has 3 aromatic rings. The van der Waals surface area contributed by atoms with Crippen LogP contribution in [-0.2, 0) is 0 Å². The number of carbonyl (C=O) groups excluding carboxylic acids is 2. The van der Waals surface area contributed by atoms with Crippen molar-refractivity contribution in [3.63, 3.8) is 0 Å². The SMILES string of the molecule is C=CCOc1ccccc1[C@@H]1Nc2ccccc2C(=O)N1NC(=O)c1ccc(OCCCC)cc1. The van der Waals surface area contributed by atoms with Crippen LogP contribution in [0.15, 0.2) is 85.5 Å². The van der Waals surface area contributed by atoms with Crippen molar-refractivity contribution in [2.24, 2.45) is 0 Å². The first-order valence-corrected chi connectivity index (χ1v) is 11.7. The Morgan fingerprint density at radius 2 is 1.80 bits per heavy atom. The lowest BCUT2D eigenvalue weighted by Gasteiger charge is -2.38. The summed E-state index contributed by atoms with van der Waals surface area (Å²) in [4.78, 5) is 26.6. The van der Waals surface area contributed by atoms with Gasteiger partial charge in [0.1, 0.15) is 18.1 Å². The Balaban J connectivity index is 1.61. The number of rotatable bonds is 10. The number of ether oxygens (including phenoxy) is 2. The highest BCUT2D eigenvalue weighted by atomic mass is 16.5. The molecule has 1 heterocycles. The summed E-state index contributed by atoms with van der Waals surface area (Å²) in [5.74, 6) is 0.556. The molecule has 3 aromatic carbocycles. The van der Waals surface area contributed by atoms with Crippen molar-refractivity contribution in [3.05, 3.63) is 102 Å². The maximum atomic E-state index is 13.5. The van der Waals surface area contributed by atoms with E-state index in [0.717, 1.165) is 12.8 Å². The zero-order valence-corrected chi connectivity index (χ0v) is 19.7. The van der Waals surface area contributed by atoms with Crippen LogP contribution in [0, 0.1) is 0 Å². The van der Waals surface area contributed by atoms with Gasteiger partial charge in [-0.3, -0.25) is 15.0 Å². The van der Waals surface area contributed by atoms with Gasteiger partial charge in [-0.25, -0.2) is 5.01 Å². The molecule has 0 radical (unpaired) electrons. The average Bonchev–Trinajstić information content (AvgIpc) is 2.89. The number of para-hydroxylation sites is 2. The van der Waals surface area contributed by atoms with Crippen LogP contribution in [0.5, 0.6) is 11.5 Å². The molecule has 1 aliphatic heterocycles. The number of benzene rings is 3. The van der Waals surface area contributed by atoms with Gasteiger partial charge in [-0.15, -0.1) is 0 Å². The zero-order chi connectivity index (χ0) is 24.6. The fraction of sp³-hybridized carbons (Fsp3) is 0.214. The summed E-state index contributed by atoms with van der Waals surface area (Å²) in [7, 11) is 0. The minimum Gasteiger partial charge on any atom is -0.494 e. The highest BCUT2D eigenvalue weighted by Gasteiger charge is 2.35. The van der Waals surface area contributed by atoms with Crippen LogP contribution >= 0.6 is 0 Å². The number of nitrogens with zero attached hydrogens (tertiary/aromatic N) is 1. The van der Waals surface area contributed by atoms with E-state index in [1.807, 2.05) is 36.4 Å². The van der Waals surface area contributed by atoms with Gasteiger partial charge >= 0.3 is 0 Å². The normalized spacial score (nSPS) is 14.5. The van der Waals surface area contributed by atoms with Crippen molar-refractivity contribution >= 4 is 17.5 Å². The van der Waals surface area contributed by atoms with Crippen molar-refractivity contribution in [1.82, 2.24) is 10.4 Å². The van der Waals surface area contributed by atoms with Crippen LogP contribution in [-0.4, -0.2) is 30.0 Å². The fourth-order valence-corrected chi connectivity index (χ4v) is 3.78. The number of hydrazine groups is 1. The molecular weight excluding hydrogens is 442 g/mol. The minimum atomic E-state index is -0.681. The number of hydrogen-bond acceptors (Lipinski definition) is 5. The lowest BCUT2D eigenvalue weighted by molar-refractivity contribution is 0.0488. The van der Waals surface area contributed by atoms with Crippen LogP contribution in [0.4, 0.5) is 5.69 Å². The molecule has 0 bridgehead atoms. The van der Waals surface area contributed by atoms with E-state index in [9.17, 15) is 9.59 Å². The molecule has 2 amide bonds. The molecule has 7 nitrogen and oxygen atoms in total. The van der Waals surface area contributed by atoms with E-state index in [4.69, 9.17) is 9.47 Å². The molecule has 0 saturated carbocycles. The molecule has 1 atom stereocenters. The Kier molecular flexibility index (Phi) is 7.67. The van der Waals surface area contributed by atoms with Crippen LogP contribution in [0.2, 0.25) is 0 Å². The molecule has 35 heavy (non-hydrogen) atoms. The molecule has 0 saturated heterocycles. The Hall–Kier alpha value is -4.26. The monoisotopic (exact) mass is 471 g/mol. The van der Waals surface area contributed by atoms with Gasteiger partial charge in [-0.1, -0.05) is 56.3 Å². The summed E-state index contributed by atoms with van der Waals surface area (Å²) in [6, 6.07) is 21.5. The van der Waals surface area contributed by atoms with Crippen molar-refractivity contribution in [2.75, 3.05) is 18.5 Å². The lowest BCUT2D eigenvalue weighted by atomic mass is 10.0. The van der Waals surface area contributed by atoms with E-state index in [-0.39, 0.29) is 5.91 Å². The third-order valence-electron chi connectivity index (χ3n) is 5.60. The fourth-order valence-electron chi connectivity index (χ4n) is 3.78. The van der Waals surface area contributed by atoms with E-state index in [1.165, 1.54) is 5.01 Å². The van der Waals surface area contributed by atoms with E-state index >= 15 is 0 Å². The Labute approximate surface area is 205 Å². The second-order valence-electron chi connectivity index (χ2n) is 8.07. The number of nitrogens with one attached hydrogen (secondary N) is 2. The summed E-state index contributed by atoms with van der Waals surface area (Å²) < 4.78 is 11.5. The quantitative estimate of drug-likeness (QED) is 0.308. The molecule has 1 aliphatic rings. The van der Waals surface area contributed by atoms with Gasteiger partial charge in [0.05, 0.1) is 12.2 Å². The number of amides is 2. The first-order chi connectivity index (χ1) is 17.1. The van der Waals surface area contributed by atoms with Crippen molar-refractivity contribution in [1.29, 1.82) is 0 Å². The molecular formula is C28H29N3O4. The summed E-state index contributed by atoms with van der Waals surface area (Å²) in [6.07, 6.45) is 2.98. The molecule has 2 N–H and O–H groups in total. The summed E-state index contributed by atoms with van der Waals surface area (Å²) in [5, 5.41) is 4.68. The molecule has 0 unspecified atom stereocenters. The average molecular weight is 472 g/mol. The zero-order valence-electron chi connectivity index (χ0n) is 19.7. The first kappa shape index (κ1) is 23.9. The molecule has 0 spiro atoms. The standard InChI is InChI=1S/C28H29N3O4/c1-3-5-19-34-21-16-14-20(15-17-21)27(32)30-31-26(23-11-7-9-13-25(23)35-18-4-2)29-24-12-8-6-10-22(24)28(31)33/h4,6-17,26,29H,2-3,5,18-19H2,1H3,(H,30,32)/t26-/m1/s1. The second kappa shape index (κ2) is 11.2. The molecule has 0 fully saturated rings. The molecule has 180 valence electrons. The number of hydrogen-bond donors (Lipinski definition) is 2. The summed E-state index contributed by atoms with van der Waals surface area (Å²) in [6.45, 7) is 6.75. The maximum absolute atomic E-state index is 13.5. The third-order valence-corrected chi connectivity index (χ3v) is 5.60. The number of anilines is 1. The van der Waals surface area contributed by atoms with Gasteiger partial charge in [0, 0.05) is 16.8 Å². The summed E-state index contributed by atoms with van der Waals surface area (Å²) >= 11 is 0. The predicted octanol–water partition coefficient (Wildman–Crippen LogP) is 5.34. The van der Waals surface area contributed by atoms with Crippen LogP contribution in [0.25, 0.3) is 0 Å². The van der Waals surface area contributed by atoms with E-state index in [1.54, 1.807) is 42.5 Å². The van der Waals surface area contributed by atoms with E-state index in [2.05, 4.69) is 24.2 Å². The van der Waals surface area contributed by atoms with Crippen molar-refractivity contribution < 1.29 is 19.1 Å². The predicted molar refractivity (Wildman–Crippen MR) is 135 cm³/mol. The smallest absolute Gasteiger partial charge is 0.276 e. The third kappa shape index (κ3) is 5.46. The highest BCUT2D eigenvalue weighted by Crippen LogP contribution is 2.36. The number of carbonyl (C=O) groups is 2. The van der Waals surface area contributed by atoms with Gasteiger partial charge in [-0.05, 0) is 48.9 Å². The molecule has 4 rings (SSSR count). The Bertz CT molecular complexity index is 1190. The topological polar surface area (TPSA) is 79.9 Å². The Morgan fingerprint density at radius 1 is 1.06 bits per heavy atom. The van der Waals surface area contributed by atoms with Gasteiger partial charge in [0.15, 0.2) is 6.17 Å². The first-order valence-electron chi connectivity index (χ1n) is 11.7. The van der Waals surface area contributed by atoms with Crippen LogP contribution in [0.3, 0.4) is 0 Å². The van der Waals surface area contributed by atoms with E-state index in [0.29, 0.717) is 47.1 Å². The van der Waals surface area contributed by atoms with Gasteiger partial charge in [0.2, 0.25) is 0 Å². The van der Waals surface area contributed by atoms with Gasteiger partial charge in [-0.2, -0.15) is 0 Å². The van der Waals surface area contributed by atoms with Crippen molar-refractivity contribution in [3.8, 4) is 11.5 Å². The van der Waals surface area contributed by atoms with Crippen LogP contribution in [0.1, 0.15) is 52.2 Å². The second-order valence-corrected chi connectivity index (χ2v) is 8.07. The Morgan fingerprint density at radius 3 is 2.57 bits per heavy atom. The highest BCUT2D eigenvalue weighted by molar-refractivity contribution is 6.04. The lowest BCUT2D eigenvalue weighted by Crippen LogP contribution is -2.53.